The molecule has 2 amide bonds. The Hall–Kier alpha value is -2.89. The maximum absolute atomic E-state index is 12.3. The SMILES string of the molecule is O=C1c2ccccc2C(=O)N1C1=C2N=NN=C2C=C1. The third kappa shape index (κ3) is 1.17. The molecule has 0 saturated heterocycles. The Kier molecular flexibility index (Phi) is 1.76. The van der Waals surface area contributed by atoms with Crippen molar-refractivity contribution in [3.05, 3.63) is 58.9 Å². The molecule has 2 aliphatic heterocycles. The largest absolute Gasteiger partial charge is 0.268 e. The first-order valence-electron chi connectivity index (χ1n) is 5.66. The molecule has 1 aromatic carbocycles. The number of hydrogen-bond acceptors (Lipinski definition) is 5. The Morgan fingerprint density at radius 2 is 1.63 bits per heavy atom. The van der Waals surface area contributed by atoms with Crippen LogP contribution in [0.5, 0.6) is 0 Å². The summed E-state index contributed by atoms with van der Waals surface area (Å²) in [6, 6.07) is 6.76. The monoisotopic (exact) mass is 250 g/mol. The number of nitrogens with zero attached hydrogens (tertiary/aromatic N) is 4. The summed E-state index contributed by atoms with van der Waals surface area (Å²) >= 11 is 0. The van der Waals surface area contributed by atoms with E-state index < -0.39 is 0 Å². The molecule has 0 atom stereocenters. The molecular formula is C13H6N4O2. The van der Waals surface area contributed by atoms with Crippen molar-refractivity contribution in [1.82, 2.24) is 4.90 Å². The summed E-state index contributed by atoms with van der Waals surface area (Å²) in [7, 11) is 0. The van der Waals surface area contributed by atoms with Gasteiger partial charge in [-0.25, -0.2) is 4.90 Å². The van der Waals surface area contributed by atoms with Crippen LogP contribution in [-0.2, 0) is 0 Å². The predicted octanol–water partition coefficient (Wildman–Crippen LogP) is 1.89. The fraction of sp³-hybridized carbons (Fsp3) is 0. The van der Waals surface area contributed by atoms with Gasteiger partial charge in [0.2, 0.25) is 0 Å². The summed E-state index contributed by atoms with van der Waals surface area (Å²) in [5.41, 5.74) is 2.30. The molecule has 19 heavy (non-hydrogen) atoms. The number of carbonyl (C=O) groups is 2. The Balaban J connectivity index is 1.88. The van der Waals surface area contributed by atoms with Gasteiger partial charge in [-0.1, -0.05) is 12.1 Å². The molecule has 0 bridgehead atoms. The first-order valence-corrected chi connectivity index (χ1v) is 5.66. The van der Waals surface area contributed by atoms with E-state index in [1.54, 1.807) is 36.4 Å². The molecule has 0 fully saturated rings. The van der Waals surface area contributed by atoms with Crippen LogP contribution in [0, 0.1) is 0 Å². The van der Waals surface area contributed by atoms with Gasteiger partial charge in [0, 0.05) is 0 Å². The number of imide groups is 1. The lowest BCUT2D eigenvalue weighted by Crippen LogP contribution is -2.28. The fourth-order valence-corrected chi connectivity index (χ4v) is 2.33. The molecule has 6 nitrogen and oxygen atoms in total. The molecule has 0 spiro atoms. The second kappa shape index (κ2) is 3.32. The van der Waals surface area contributed by atoms with Gasteiger partial charge < -0.3 is 0 Å². The number of carbonyl (C=O) groups excluding carboxylic acids is 2. The van der Waals surface area contributed by atoms with Crippen LogP contribution >= 0.6 is 0 Å². The molecule has 0 saturated carbocycles. The minimum Gasteiger partial charge on any atom is -0.268 e. The molecule has 3 aliphatic rings. The summed E-state index contributed by atoms with van der Waals surface area (Å²) in [6.45, 7) is 0. The van der Waals surface area contributed by atoms with Crippen molar-refractivity contribution in [2.45, 2.75) is 0 Å². The molecule has 4 rings (SSSR count). The normalized spacial score (nSPS) is 19.4. The highest BCUT2D eigenvalue weighted by atomic mass is 16.2. The molecule has 1 aromatic rings. The van der Waals surface area contributed by atoms with Gasteiger partial charge >= 0.3 is 0 Å². The van der Waals surface area contributed by atoms with Gasteiger partial charge in [-0.15, -0.1) is 10.2 Å². The Morgan fingerprint density at radius 1 is 0.947 bits per heavy atom. The van der Waals surface area contributed by atoms with Gasteiger partial charge in [0.05, 0.1) is 16.8 Å². The summed E-state index contributed by atoms with van der Waals surface area (Å²) in [5, 5.41) is 11.2. The standard InChI is InChI=1S/C13H6N4O2/c18-12-7-3-1-2-4-8(7)13(19)17(12)10-6-5-9-11(10)15-16-14-9/h1-6H. The highest BCUT2D eigenvalue weighted by Gasteiger charge is 2.40. The van der Waals surface area contributed by atoms with Gasteiger partial charge in [0.25, 0.3) is 11.8 Å². The lowest BCUT2D eigenvalue weighted by molar-refractivity contribution is 0.0709. The first kappa shape index (κ1) is 10.1. The minimum absolute atomic E-state index is 0.337. The molecule has 0 aromatic heterocycles. The van der Waals surface area contributed by atoms with Gasteiger partial charge in [0.1, 0.15) is 11.4 Å². The Bertz CT molecular complexity index is 736. The van der Waals surface area contributed by atoms with Gasteiger partial charge in [-0.05, 0) is 29.5 Å². The number of amides is 2. The van der Waals surface area contributed by atoms with Crippen LogP contribution in [0.2, 0.25) is 0 Å². The van der Waals surface area contributed by atoms with E-state index in [4.69, 9.17) is 0 Å². The van der Waals surface area contributed by atoms with E-state index >= 15 is 0 Å². The zero-order chi connectivity index (χ0) is 13.0. The zero-order valence-electron chi connectivity index (χ0n) is 9.57. The summed E-state index contributed by atoms with van der Waals surface area (Å²) in [5.74, 6) is -0.674. The third-order valence-corrected chi connectivity index (χ3v) is 3.22. The predicted molar refractivity (Wildman–Crippen MR) is 65.4 cm³/mol. The number of rotatable bonds is 1. The maximum atomic E-state index is 12.3. The van der Waals surface area contributed by atoms with Crippen molar-refractivity contribution in [3.63, 3.8) is 0 Å². The van der Waals surface area contributed by atoms with Crippen molar-refractivity contribution in [2.24, 2.45) is 15.4 Å². The van der Waals surface area contributed by atoms with E-state index in [2.05, 4.69) is 15.4 Å². The number of benzene rings is 1. The lowest BCUT2D eigenvalue weighted by atomic mass is 10.1. The summed E-state index contributed by atoms with van der Waals surface area (Å²) in [4.78, 5) is 25.7. The second-order valence-electron chi connectivity index (χ2n) is 4.23. The number of hydrogen-bond donors (Lipinski definition) is 0. The van der Waals surface area contributed by atoms with Crippen molar-refractivity contribution in [1.29, 1.82) is 0 Å². The molecule has 0 radical (unpaired) electrons. The molecule has 90 valence electrons. The topological polar surface area (TPSA) is 74.5 Å². The van der Waals surface area contributed by atoms with Crippen LogP contribution in [0.1, 0.15) is 20.7 Å². The summed E-state index contributed by atoms with van der Waals surface area (Å²) < 4.78 is 0. The number of fused-ring (bicyclic) bond motifs is 2. The van der Waals surface area contributed by atoms with Crippen LogP contribution in [0.4, 0.5) is 0 Å². The van der Waals surface area contributed by atoms with Crippen molar-refractivity contribution in [3.8, 4) is 0 Å². The van der Waals surface area contributed by atoms with Crippen LogP contribution in [0.3, 0.4) is 0 Å². The van der Waals surface area contributed by atoms with E-state index in [1.165, 1.54) is 0 Å². The minimum atomic E-state index is -0.337. The van der Waals surface area contributed by atoms with Crippen LogP contribution in [0.25, 0.3) is 0 Å². The highest BCUT2D eigenvalue weighted by molar-refractivity contribution is 6.24. The maximum Gasteiger partial charge on any atom is 0.266 e. The van der Waals surface area contributed by atoms with E-state index in [9.17, 15) is 9.59 Å². The van der Waals surface area contributed by atoms with E-state index in [0.717, 1.165) is 4.90 Å². The van der Waals surface area contributed by atoms with Crippen LogP contribution in [-0.4, -0.2) is 22.4 Å². The van der Waals surface area contributed by atoms with Gasteiger partial charge in [-0.3, -0.25) is 9.59 Å². The average Bonchev–Trinajstić information content (AvgIpc) is 3.08. The van der Waals surface area contributed by atoms with Crippen LogP contribution in [0.15, 0.2) is 63.3 Å². The van der Waals surface area contributed by atoms with Crippen molar-refractivity contribution >= 4 is 17.5 Å². The summed E-state index contributed by atoms with van der Waals surface area (Å²) in [6.07, 6.45) is 3.35. The Labute approximate surface area is 107 Å². The molecule has 0 unspecified atom stereocenters. The molecule has 2 heterocycles. The molecule has 6 heteroatoms. The van der Waals surface area contributed by atoms with Crippen LogP contribution < -0.4 is 0 Å². The van der Waals surface area contributed by atoms with Gasteiger partial charge in [0.15, 0.2) is 0 Å². The average molecular weight is 250 g/mol. The second-order valence-corrected chi connectivity index (χ2v) is 4.23. The zero-order valence-corrected chi connectivity index (χ0v) is 9.57. The van der Waals surface area contributed by atoms with Gasteiger partial charge in [-0.2, -0.15) is 0 Å². The molecule has 1 aliphatic carbocycles. The van der Waals surface area contributed by atoms with E-state index in [1.807, 2.05) is 0 Å². The lowest BCUT2D eigenvalue weighted by Gasteiger charge is -2.13. The Morgan fingerprint density at radius 3 is 2.32 bits per heavy atom. The quantitative estimate of drug-likeness (QED) is 0.714. The molecular weight excluding hydrogens is 244 g/mol. The first-order chi connectivity index (χ1) is 9.27. The fourth-order valence-electron chi connectivity index (χ4n) is 2.33. The molecule has 0 N–H and O–H groups in total. The van der Waals surface area contributed by atoms with Crippen molar-refractivity contribution < 1.29 is 9.59 Å². The highest BCUT2D eigenvalue weighted by Crippen LogP contribution is 2.32. The van der Waals surface area contributed by atoms with E-state index in [-0.39, 0.29) is 11.8 Å². The van der Waals surface area contributed by atoms with E-state index in [0.29, 0.717) is 28.2 Å². The third-order valence-electron chi connectivity index (χ3n) is 3.22. The smallest absolute Gasteiger partial charge is 0.266 e. The van der Waals surface area contributed by atoms with Crippen molar-refractivity contribution in [2.75, 3.05) is 0 Å². The number of allylic oxidation sites excluding steroid dienone is 2.